The summed E-state index contributed by atoms with van der Waals surface area (Å²) in [5.74, 6) is 0.432. The molecule has 1 aromatic carbocycles. The second-order valence-electron chi connectivity index (χ2n) is 8.52. The lowest BCUT2D eigenvalue weighted by Gasteiger charge is -2.47. The molecule has 0 radical (unpaired) electrons. The Kier molecular flexibility index (Phi) is 5.43. The maximum Gasteiger partial charge on any atom is 0.264 e. The third-order valence-corrected chi connectivity index (χ3v) is 7.83. The highest BCUT2D eigenvalue weighted by atomic mass is 32.2. The molecule has 0 bridgehead atoms. The van der Waals surface area contributed by atoms with Crippen molar-refractivity contribution < 1.29 is 23.1 Å². The van der Waals surface area contributed by atoms with E-state index in [9.17, 15) is 18.3 Å². The number of hydrogen-bond donors (Lipinski definition) is 1. The zero-order valence-corrected chi connectivity index (χ0v) is 18.7. The molecule has 0 unspecified atom stereocenters. The third kappa shape index (κ3) is 3.76. The van der Waals surface area contributed by atoms with Crippen LogP contribution in [0.25, 0.3) is 0 Å². The number of pyridine rings is 1. The van der Waals surface area contributed by atoms with E-state index in [1.165, 1.54) is 25.4 Å². The van der Waals surface area contributed by atoms with Gasteiger partial charge in [-0.3, -0.25) is 14.1 Å². The summed E-state index contributed by atoms with van der Waals surface area (Å²) >= 11 is 0. The number of rotatable bonds is 4. The number of piperidine rings is 1. The summed E-state index contributed by atoms with van der Waals surface area (Å²) in [5.41, 5.74) is 0.00517. The fourth-order valence-corrected chi connectivity index (χ4v) is 5.42. The van der Waals surface area contributed by atoms with Crippen LogP contribution in [-0.4, -0.2) is 54.6 Å². The molecule has 2 aliphatic rings. The van der Waals surface area contributed by atoms with E-state index in [0.717, 1.165) is 17.1 Å². The highest BCUT2D eigenvalue weighted by molar-refractivity contribution is 7.92. The van der Waals surface area contributed by atoms with Crippen LogP contribution in [0.3, 0.4) is 0 Å². The van der Waals surface area contributed by atoms with Crippen LogP contribution in [0.1, 0.15) is 44.7 Å². The van der Waals surface area contributed by atoms with Crippen LogP contribution in [0, 0.1) is 0 Å². The minimum Gasteiger partial charge on any atom is -0.485 e. The van der Waals surface area contributed by atoms with Crippen molar-refractivity contribution >= 4 is 21.6 Å². The van der Waals surface area contributed by atoms with Gasteiger partial charge in [-0.25, -0.2) is 8.42 Å². The van der Waals surface area contributed by atoms with Crippen molar-refractivity contribution in [3.8, 4) is 5.75 Å². The van der Waals surface area contributed by atoms with Crippen molar-refractivity contribution in [3.05, 3.63) is 48.3 Å². The Balaban J connectivity index is 1.79. The van der Waals surface area contributed by atoms with Crippen LogP contribution in [-0.2, 0) is 14.8 Å². The molecular formula is C22H27N3O5S. The van der Waals surface area contributed by atoms with Gasteiger partial charge in [0.1, 0.15) is 17.5 Å². The minimum atomic E-state index is -3.89. The number of ether oxygens (including phenoxy) is 1. The average molecular weight is 446 g/mol. The number of hydrogen-bond acceptors (Lipinski definition) is 6. The SMILES string of the molecule is CN(c1cccnc1)S(=O)(=O)c1ccc2c(c1)[C@@H](N1CCCCC1=O)[C@H](O)C(C)(C)O2. The average Bonchev–Trinajstić information content (AvgIpc) is 2.75. The first-order chi connectivity index (χ1) is 14.6. The molecule has 1 fully saturated rings. The number of aliphatic hydroxyl groups is 1. The smallest absolute Gasteiger partial charge is 0.264 e. The number of fused-ring (bicyclic) bond motifs is 1. The van der Waals surface area contributed by atoms with Gasteiger partial charge in [0.2, 0.25) is 5.91 Å². The molecule has 2 aliphatic heterocycles. The number of aliphatic hydroxyl groups excluding tert-OH is 1. The lowest BCUT2D eigenvalue weighted by Crippen LogP contribution is -2.55. The number of likely N-dealkylation sites (tertiary alicyclic amines) is 1. The summed E-state index contributed by atoms with van der Waals surface area (Å²) in [6, 6.07) is 7.26. The normalized spacial score (nSPS) is 23.1. The predicted molar refractivity (Wildman–Crippen MR) is 115 cm³/mol. The van der Waals surface area contributed by atoms with Crippen LogP contribution in [0.4, 0.5) is 5.69 Å². The first kappa shape index (κ1) is 21.6. The van der Waals surface area contributed by atoms with E-state index in [4.69, 9.17) is 4.74 Å². The van der Waals surface area contributed by atoms with Gasteiger partial charge in [-0.15, -0.1) is 0 Å². The Hall–Kier alpha value is -2.65. The van der Waals surface area contributed by atoms with Crippen LogP contribution < -0.4 is 9.04 Å². The van der Waals surface area contributed by atoms with Gasteiger partial charge < -0.3 is 14.7 Å². The topological polar surface area (TPSA) is 100 Å². The molecule has 9 heteroatoms. The lowest BCUT2D eigenvalue weighted by atomic mass is 9.84. The number of aromatic nitrogens is 1. The Morgan fingerprint density at radius 3 is 2.71 bits per heavy atom. The Morgan fingerprint density at radius 2 is 2.03 bits per heavy atom. The van der Waals surface area contributed by atoms with E-state index in [2.05, 4.69) is 4.98 Å². The van der Waals surface area contributed by atoms with Gasteiger partial charge in [0.25, 0.3) is 10.0 Å². The summed E-state index contributed by atoms with van der Waals surface area (Å²) in [5, 5.41) is 11.1. The summed E-state index contributed by atoms with van der Waals surface area (Å²) in [6.45, 7) is 4.05. The Bertz CT molecular complexity index is 1090. The summed E-state index contributed by atoms with van der Waals surface area (Å²) in [4.78, 5) is 18.4. The highest BCUT2D eigenvalue weighted by Gasteiger charge is 2.47. The van der Waals surface area contributed by atoms with Gasteiger partial charge in [0.15, 0.2) is 0 Å². The molecule has 8 nitrogen and oxygen atoms in total. The second-order valence-corrected chi connectivity index (χ2v) is 10.5. The molecular weight excluding hydrogens is 418 g/mol. The molecule has 4 rings (SSSR count). The molecule has 0 spiro atoms. The van der Waals surface area contributed by atoms with E-state index in [1.54, 1.807) is 43.1 Å². The number of amides is 1. The van der Waals surface area contributed by atoms with Gasteiger partial charge in [0.05, 0.1) is 22.8 Å². The molecule has 1 amide bonds. The van der Waals surface area contributed by atoms with E-state index < -0.39 is 27.8 Å². The second kappa shape index (κ2) is 7.80. The van der Waals surface area contributed by atoms with E-state index in [0.29, 0.717) is 30.0 Å². The van der Waals surface area contributed by atoms with Gasteiger partial charge in [-0.05, 0) is 57.0 Å². The summed E-state index contributed by atoms with van der Waals surface area (Å²) in [7, 11) is -2.42. The molecule has 0 saturated carbocycles. The maximum atomic E-state index is 13.3. The number of anilines is 1. The van der Waals surface area contributed by atoms with Crippen molar-refractivity contribution in [3.63, 3.8) is 0 Å². The highest BCUT2D eigenvalue weighted by Crippen LogP contribution is 2.45. The summed E-state index contributed by atoms with van der Waals surface area (Å²) < 4.78 is 33.7. The van der Waals surface area contributed by atoms with Crippen LogP contribution in [0.5, 0.6) is 5.75 Å². The van der Waals surface area contributed by atoms with Crippen molar-refractivity contribution in [1.29, 1.82) is 0 Å². The number of sulfonamides is 1. The lowest BCUT2D eigenvalue weighted by molar-refractivity contribution is -0.147. The monoisotopic (exact) mass is 445 g/mol. The van der Waals surface area contributed by atoms with Crippen molar-refractivity contribution in [1.82, 2.24) is 9.88 Å². The van der Waals surface area contributed by atoms with Gasteiger partial charge >= 0.3 is 0 Å². The zero-order valence-electron chi connectivity index (χ0n) is 17.9. The van der Waals surface area contributed by atoms with Gasteiger partial charge in [-0.1, -0.05) is 0 Å². The van der Waals surface area contributed by atoms with Gasteiger partial charge in [-0.2, -0.15) is 0 Å². The largest absolute Gasteiger partial charge is 0.485 e. The zero-order chi connectivity index (χ0) is 22.4. The van der Waals surface area contributed by atoms with E-state index >= 15 is 0 Å². The number of nitrogens with zero attached hydrogens (tertiary/aromatic N) is 3. The van der Waals surface area contributed by atoms with Crippen LogP contribution in [0.2, 0.25) is 0 Å². The fourth-order valence-electron chi connectivity index (χ4n) is 4.20. The molecule has 1 saturated heterocycles. The van der Waals surface area contributed by atoms with Crippen LogP contribution >= 0.6 is 0 Å². The quantitative estimate of drug-likeness (QED) is 0.776. The van der Waals surface area contributed by atoms with Crippen LogP contribution in [0.15, 0.2) is 47.6 Å². The van der Waals surface area contributed by atoms with E-state index in [-0.39, 0.29) is 10.8 Å². The molecule has 31 heavy (non-hydrogen) atoms. The Morgan fingerprint density at radius 1 is 1.26 bits per heavy atom. The number of carbonyl (C=O) groups is 1. The molecule has 0 aliphatic carbocycles. The maximum absolute atomic E-state index is 13.3. The van der Waals surface area contributed by atoms with Crippen molar-refractivity contribution in [2.45, 2.75) is 55.8 Å². The fraction of sp³-hybridized carbons (Fsp3) is 0.455. The first-order valence-electron chi connectivity index (χ1n) is 10.3. The molecule has 2 aromatic rings. The van der Waals surface area contributed by atoms with E-state index in [1.807, 2.05) is 0 Å². The standard InChI is InChI=1S/C22H27N3O5S/c1-22(2)21(27)20(25-12-5-4-8-19(25)26)17-13-16(9-10-18(17)30-22)31(28,29)24(3)15-7-6-11-23-14-15/h6-7,9-11,13-14,20-21,27H,4-5,8,12H2,1-3H3/t20-,21+/m1/s1. The predicted octanol–water partition coefficient (Wildman–Crippen LogP) is 2.49. The first-order valence-corrected chi connectivity index (χ1v) is 11.8. The molecule has 1 aromatic heterocycles. The molecule has 1 N–H and O–H groups in total. The Labute approximate surface area is 182 Å². The summed E-state index contributed by atoms with van der Waals surface area (Å²) in [6.07, 6.45) is 4.12. The minimum absolute atomic E-state index is 0.0420. The molecule has 166 valence electrons. The van der Waals surface area contributed by atoms with Crippen molar-refractivity contribution in [2.75, 3.05) is 17.9 Å². The molecule has 3 heterocycles. The van der Waals surface area contributed by atoms with Gasteiger partial charge in [0, 0.05) is 31.8 Å². The number of benzene rings is 1. The number of carbonyl (C=O) groups excluding carboxylic acids is 1. The molecule has 2 atom stereocenters. The van der Waals surface area contributed by atoms with Crippen molar-refractivity contribution in [2.24, 2.45) is 0 Å². The third-order valence-electron chi connectivity index (χ3n) is 6.05.